The summed E-state index contributed by atoms with van der Waals surface area (Å²) in [6.45, 7) is 0. The second kappa shape index (κ2) is 4.34. The van der Waals surface area contributed by atoms with Crippen LogP contribution in [0.1, 0.15) is 32.7 Å². The molecule has 21 heavy (non-hydrogen) atoms. The van der Waals surface area contributed by atoms with Crippen LogP contribution < -0.4 is 0 Å². The van der Waals surface area contributed by atoms with Gasteiger partial charge < -0.3 is 4.98 Å². The first-order chi connectivity index (χ1) is 10.3. The van der Waals surface area contributed by atoms with Crippen LogP contribution >= 0.6 is 0 Å². The van der Waals surface area contributed by atoms with Crippen molar-refractivity contribution < 1.29 is 4.79 Å². The third kappa shape index (κ3) is 1.78. The second-order valence-electron chi connectivity index (χ2n) is 5.24. The van der Waals surface area contributed by atoms with E-state index >= 15 is 0 Å². The van der Waals surface area contributed by atoms with Crippen molar-refractivity contribution in [1.82, 2.24) is 9.97 Å². The van der Waals surface area contributed by atoms with Gasteiger partial charge in [0.2, 0.25) is 0 Å². The minimum Gasteiger partial charge on any atom is -0.358 e. The molecule has 0 unspecified atom stereocenters. The number of benzene rings is 1. The van der Waals surface area contributed by atoms with Gasteiger partial charge in [-0.3, -0.25) is 9.78 Å². The number of rotatable bonds is 1. The number of aromatic amines is 1. The smallest absolute Gasteiger partial charge is 0.316 e. The summed E-state index contributed by atoms with van der Waals surface area (Å²) in [5.41, 5.74) is 6.09. The number of hydrogen-bond donors (Lipinski definition) is 1. The molecule has 5 nitrogen and oxygen atoms in total. The predicted molar refractivity (Wildman–Crippen MR) is 78.3 cm³/mol. The molecule has 0 saturated heterocycles. The number of hydrogen-bond acceptors (Lipinski definition) is 3. The fourth-order valence-corrected chi connectivity index (χ4v) is 3.02. The van der Waals surface area contributed by atoms with Crippen molar-refractivity contribution in [2.45, 2.75) is 12.8 Å². The molecule has 1 amide bonds. The summed E-state index contributed by atoms with van der Waals surface area (Å²) in [6.07, 6.45) is 5.37. The summed E-state index contributed by atoms with van der Waals surface area (Å²) in [7, 11) is 0. The van der Waals surface area contributed by atoms with Crippen molar-refractivity contribution >= 4 is 16.8 Å². The van der Waals surface area contributed by atoms with Gasteiger partial charge in [-0.25, -0.2) is 0 Å². The van der Waals surface area contributed by atoms with Gasteiger partial charge in [-0.1, -0.05) is 6.07 Å². The van der Waals surface area contributed by atoms with E-state index in [2.05, 4.69) is 15.1 Å². The van der Waals surface area contributed by atoms with Gasteiger partial charge in [0.15, 0.2) is 0 Å². The van der Waals surface area contributed by atoms with Gasteiger partial charge in [-0.15, -0.1) is 4.91 Å². The Kier molecular flexibility index (Phi) is 2.47. The first kappa shape index (κ1) is 12.0. The molecule has 0 saturated carbocycles. The van der Waals surface area contributed by atoms with E-state index in [1.807, 2.05) is 18.3 Å². The van der Waals surface area contributed by atoms with Crippen LogP contribution in [0, 0.1) is 4.91 Å². The molecule has 0 spiro atoms. The van der Waals surface area contributed by atoms with Gasteiger partial charge in [0.1, 0.15) is 0 Å². The zero-order valence-corrected chi connectivity index (χ0v) is 11.1. The molecular weight excluding hydrogens is 266 g/mol. The molecule has 2 aromatic heterocycles. The average molecular weight is 277 g/mol. The van der Waals surface area contributed by atoms with Crippen LogP contribution in [-0.4, -0.2) is 15.9 Å². The fourth-order valence-electron chi connectivity index (χ4n) is 3.02. The SMILES string of the molecule is O=NC(=O)c1ccc2c3c([nH]c2c1)Cc1ccncc1C3. The Morgan fingerprint density at radius 1 is 1.19 bits per heavy atom. The summed E-state index contributed by atoms with van der Waals surface area (Å²) in [6, 6.07) is 7.26. The Hall–Kier alpha value is -2.82. The zero-order chi connectivity index (χ0) is 14.4. The molecule has 0 bridgehead atoms. The third-order valence-electron chi connectivity index (χ3n) is 4.06. The maximum absolute atomic E-state index is 11.4. The van der Waals surface area contributed by atoms with Gasteiger partial charge in [-0.05, 0) is 34.9 Å². The lowest BCUT2D eigenvalue weighted by atomic mass is 9.90. The number of nitrogens with zero attached hydrogens (tertiary/aromatic N) is 2. The molecule has 1 aliphatic rings. The van der Waals surface area contributed by atoms with E-state index in [0.29, 0.717) is 5.56 Å². The van der Waals surface area contributed by atoms with Crippen molar-refractivity contribution in [3.8, 4) is 0 Å². The lowest BCUT2D eigenvalue weighted by Gasteiger charge is -2.15. The highest BCUT2D eigenvalue weighted by Gasteiger charge is 2.20. The molecule has 2 heterocycles. The number of carbonyl (C=O) groups is 1. The number of nitroso groups, excluding NO2 is 1. The Morgan fingerprint density at radius 2 is 2.10 bits per heavy atom. The number of amides is 1. The summed E-state index contributed by atoms with van der Waals surface area (Å²) < 4.78 is 0. The molecule has 0 fully saturated rings. The highest BCUT2D eigenvalue weighted by atomic mass is 16.3. The number of nitrogens with one attached hydrogen (secondary N) is 1. The molecule has 3 aromatic rings. The number of pyridine rings is 1. The van der Waals surface area contributed by atoms with Crippen molar-refractivity contribution in [3.05, 3.63) is 69.5 Å². The molecule has 1 aliphatic carbocycles. The number of H-pyrrole nitrogens is 1. The van der Waals surface area contributed by atoms with Gasteiger partial charge in [-0.2, -0.15) is 0 Å². The first-order valence-corrected chi connectivity index (χ1v) is 6.69. The summed E-state index contributed by atoms with van der Waals surface area (Å²) in [4.78, 5) is 29.3. The van der Waals surface area contributed by atoms with Crippen molar-refractivity contribution in [1.29, 1.82) is 0 Å². The molecule has 5 heteroatoms. The van der Waals surface area contributed by atoms with E-state index in [-0.39, 0.29) is 0 Å². The topological polar surface area (TPSA) is 75.2 Å². The molecule has 102 valence electrons. The maximum atomic E-state index is 11.4. The molecule has 0 radical (unpaired) electrons. The van der Waals surface area contributed by atoms with E-state index < -0.39 is 5.91 Å². The Labute approximate surface area is 120 Å². The minimum atomic E-state index is -0.739. The summed E-state index contributed by atoms with van der Waals surface area (Å²) >= 11 is 0. The van der Waals surface area contributed by atoms with Crippen molar-refractivity contribution in [2.24, 2.45) is 5.18 Å². The largest absolute Gasteiger partial charge is 0.358 e. The zero-order valence-electron chi connectivity index (χ0n) is 11.1. The highest BCUT2D eigenvalue weighted by molar-refractivity contribution is 5.99. The fraction of sp³-hybridized carbons (Fsp3) is 0.125. The standard InChI is InChI=1S/C16H11N3O2/c20-16(19-21)10-1-2-12-13-5-11-8-17-4-3-9(11)6-15(13)18-14(12)7-10/h1-4,7-8,18H,5-6H2. The van der Waals surface area contributed by atoms with Crippen LogP contribution in [0.4, 0.5) is 0 Å². The minimum absolute atomic E-state index is 0.315. The lowest BCUT2D eigenvalue weighted by molar-refractivity contribution is 0.100. The first-order valence-electron chi connectivity index (χ1n) is 6.69. The quantitative estimate of drug-likeness (QED) is 0.543. The van der Waals surface area contributed by atoms with Crippen LogP contribution in [0.3, 0.4) is 0 Å². The van der Waals surface area contributed by atoms with Crippen molar-refractivity contribution in [2.75, 3.05) is 0 Å². The number of aromatic nitrogens is 2. The van der Waals surface area contributed by atoms with E-state index in [0.717, 1.165) is 29.4 Å². The van der Waals surface area contributed by atoms with Crippen LogP contribution in [0.25, 0.3) is 10.9 Å². The molecule has 1 aromatic carbocycles. The van der Waals surface area contributed by atoms with Gasteiger partial charge in [0, 0.05) is 52.6 Å². The highest BCUT2D eigenvalue weighted by Crippen LogP contribution is 2.32. The maximum Gasteiger partial charge on any atom is 0.316 e. The number of fused-ring (bicyclic) bond motifs is 4. The summed E-state index contributed by atoms with van der Waals surface area (Å²) in [5.74, 6) is -0.739. The normalized spacial score (nSPS) is 12.8. The molecule has 0 atom stereocenters. The van der Waals surface area contributed by atoms with Gasteiger partial charge >= 0.3 is 5.91 Å². The lowest BCUT2D eigenvalue weighted by Crippen LogP contribution is -2.06. The summed E-state index contributed by atoms with van der Waals surface area (Å²) in [5, 5.41) is 3.55. The molecule has 0 aliphatic heterocycles. The van der Waals surface area contributed by atoms with Crippen LogP contribution in [0.15, 0.2) is 41.8 Å². The van der Waals surface area contributed by atoms with E-state index in [4.69, 9.17) is 0 Å². The predicted octanol–water partition coefficient (Wildman–Crippen LogP) is 2.96. The molecule has 1 N–H and O–H groups in total. The molecule has 4 rings (SSSR count). The third-order valence-corrected chi connectivity index (χ3v) is 4.06. The van der Waals surface area contributed by atoms with Crippen LogP contribution in [0.2, 0.25) is 0 Å². The van der Waals surface area contributed by atoms with Gasteiger partial charge in [0.05, 0.1) is 0 Å². The van der Waals surface area contributed by atoms with Crippen LogP contribution in [-0.2, 0) is 12.8 Å². The second-order valence-corrected chi connectivity index (χ2v) is 5.24. The monoisotopic (exact) mass is 277 g/mol. The van der Waals surface area contributed by atoms with E-state index in [9.17, 15) is 9.70 Å². The van der Waals surface area contributed by atoms with Gasteiger partial charge in [0.25, 0.3) is 0 Å². The Morgan fingerprint density at radius 3 is 2.95 bits per heavy atom. The van der Waals surface area contributed by atoms with Crippen LogP contribution in [0.5, 0.6) is 0 Å². The molecular formula is C16H11N3O2. The van der Waals surface area contributed by atoms with Crippen molar-refractivity contribution in [3.63, 3.8) is 0 Å². The Balaban J connectivity index is 1.87. The average Bonchev–Trinajstić information content (AvgIpc) is 2.88. The van der Waals surface area contributed by atoms with E-state index in [1.165, 1.54) is 16.7 Å². The number of carbonyl (C=O) groups excluding carboxylic acids is 1. The van der Waals surface area contributed by atoms with E-state index in [1.54, 1.807) is 18.3 Å². The Bertz CT molecular complexity index is 896.